The monoisotopic (exact) mass is 381 g/mol. The second-order valence-corrected chi connectivity index (χ2v) is 9.44. The molecule has 1 N–H and O–H groups in total. The molecular weight excluding hydrogens is 350 g/mol. The van der Waals surface area contributed by atoms with Crippen LogP contribution in [0, 0.1) is 19.8 Å². The third-order valence-electron chi connectivity index (χ3n) is 5.20. The van der Waals surface area contributed by atoms with E-state index in [0.29, 0.717) is 19.4 Å². The van der Waals surface area contributed by atoms with Gasteiger partial charge in [0.25, 0.3) is 10.2 Å². The molecule has 0 aliphatic carbocycles. The van der Waals surface area contributed by atoms with E-state index in [9.17, 15) is 13.2 Å². The van der Waals surface area contributed by atoms with Crippen LogP contribution in [0.5, 0.6) is 0 Å². The summed E-state index contributed by atoms with van der Waals surface area (Å²) < 4.78 is 27.3. The van der Waals surface area contributed by atoms with Crippen molar-refractivity contribution in [3.8, 4) is 0 Å². The minimum atomic E-state index is -3.48. The molecule has 0 aromatic heterocycles. The van der Waals surface area contributed by atoms with Gasteiger partial charge in [-0.05, 0) is 49.8 Å². The lowest BCUT2D eigenvalue weighted by Crippen LogP contribution is -2.49. The van der Waals surface area contributed by atoms with Crippen LogP contribution in [-0.4, -0.2) is 50.1 Å². The smallest absolute Gasteiger partial charge is 0.281 e. The number of piperidine rings is 1. The van der Waals surface area contributed by atoms with Crippen molar-refractivity contribution in [2.45, 2.75) is 46.1 Å². The lowest BCUT2D eigenvalue weighted by Gasteiger charge is -2.33. The lowest BCUT2D eigenvalue weighted by atomic mass is 9.96. The van der Waals surface area contributed by atoms with Crippen molar-refractivity contribution < 1.29 is 13.2 Å². The van der Waals surface area contributed by atoms with E-state index in [4.69, 9.17) is 0 Å². The molecule has 6 nitrogen and oxygen atoms in total. The number of carbonyl (C=O) groups is 1. The van der Waals surface area contributed by atoms with Crippen molar-refractivity contribution in [2.24, 2.45) is 5.92 Å². The van der Waals surface area contributed by atoms with E-state index in [1.165, 1.54) is 33.8 Å². The van der Waals surface area contributed by atoms with Crippen molar-refractivity contribution >= 4 is 16.1 Å². The molecule has 0 radical (unpaired) electrons. The van der Waals surface area contributed by atoms with Gasteiger partial charge in [-0.15, -0.1) is 0 Å². The summed E-state index contributed by atoms with van der Waals surface area (Å²) in [7, 11) is -0.437. The van der Waals surface area contributed by atoms with E-state index in [1.54, 1.807) is 0 Å². The molecule has 26 heavy (non-hydrogen) atoms. The van der Waals surface area contributed by atoms with Crippen molar-refractivity contribution in [1.29, 1.82) is 0 Å². The van der Waals surface area contributed by atoms with Crippen molar-refractivity contribution in [1.82, 2.24) is 13.9 Å². The Morgan fingerprint density at radius 2 is 2.00 bits per heavy atom. The molecule has 2 atom stereocenters. The number of amides is 1. The van der Waals surface area contributed by atoms with Crippen LogP contribution in [0.2, 0.25) is 0 Å². The third-order valence-corrected chi connectivity index (χ3v) is 7.11. The second-order valence-electron chi connectivity index (χ2n) is 7.30. The van der Waals surface area contributed by atoms with Gasteiger partial charge in [-0.1, -0.05) is 25.1 Å². The topological polar surface area (TPSA) is 69.7 Å². The molecule has 0 bridgehead atoms. The van der Waals surface area contributed by atoms with Crippen LogP contribution in [-0.2, 0) is 15.0 Å². The quantitative estimate of drug-likeness (QED) is 0.823. The zero-order chi connectivity index (χ0) is 19.5. The summed E-state index contributed by atoms with van der Waals surface area (Å²) in [4.78, 5) is 12.8. The Labute approximate surface area is 157 Å². The zero-order valence-electron chi connectivity index (χ0n) is 16.4. The average molecular weight is 382 g/mol. The molecule has 1 fully saturated rings. The highest BCUT2D eigenvalue weighted by Crippen LogP contribution is 2.24. The Kier molecular flexibility index (Phi) is 6.82. The lowest BCUT2D eigenvalue weighted by molar-refractivity contribution is -0.126. The minimum Gasteiger partial charge on any atom is -0.349 e. The molecule has 0 saturated carbocycles. The maximum Gasteiger partial charge on any atom is 0.281 e. The Bertz CT molecular complexity index is 746. The molecule has 2 unspecified atom stereocenters. The molecule has 0 spiro atoms. The molecular formula is C19H31N3O3S. The van der Waals surface area contributed by atoms with Crippen LogP contribution in [0.3, 0.4) is 0 Å². The van der Waals surface area contributed by atoms with Crippen molar-refractivity contribution in [3.63, 3.8) is 0 Å². The van der Waals surface area contributed by atoms with Crippen LogP contribution in [0.4, 0.5) is 0 Å². The van der Waals surface area contributed by atoms with E-state index in [1.807, 2.05) is 6.92 Å². The molecule has 1 amide bonds. The highest BCUT2D eigenvalue weighted by molar-refractivity contribution is 7.86. The fourth-order valence-corrected chi connectivity index (χ4v) is 4.48. The molecule has 1 heterocycles. The van der Waals surface area contributed by atoms with E-state index < -0.39 is 10.2 Å². The summed E-state index contributed by atoms with van der Waals surface area (Å²) in [6.07, 6.45) is 2.21. The van der Waals surface area contributed by atoms with Gasteiger partial charge in [0, 0.05) is 27.2 Å². The minimum absolute atomic E-state index is 0.0531. The molecule has 7 heteroatoms. The van der Waals surface area contributed by atoms with Gasteiger partial charge in [-0.2, -0.15) is 17.0 Å². The fourth-order valence-electron chi connectivity index (χ4n) is 3.29. The third kappa shape index (κ3) is 4.64. The van der Waals surface area contributed by atoms with Gasteiger partial charge < -0.3 is 5.32 Å². The van der Waals surface area contributed by atoms with E-state index in [-0.39, 0.29) is 24.4 Å². The molecule has 1 aromatic carbocycles. The van der Waals surface area contributed by atoms with Crippen molar-refractivity contribution in [2.75, 3.05) is 27.2 Å². The van der Waals surface area contributed by atoms with Gasteiger partial charge in [0.15, 0.2) is 0 Å². The van der Waals surface area contributed by atoms with E-state index in [2.05, 4.69) is 37.4 Å². The Morgan fingerprint density at radius 1 is 1.31 bits per heavy atom. The summed E-state index contributed by atoms with van der Waals surface area (Å²) in [6, 6.07) is 6.20. The summed E-state index contributed by atoms with van der Waals surface area (Å²) in [5.41, 5.74) is 3.53. The van der Waals surface area contributed by atoms with Crippen LogP contribution in [0.1, 0.15) is 48.9 Å². The Hall–Kier alpha value is -1.44. The average Bonchev–Trinajstić information content (AvgIpc) is 2.61. The standard InChI is InChI=1S/C19H31N3O3S/c1-6-18(16-10-9-14(2)15(3)12-16)20-19(23)17-8-7-11-22(13-17)26(24,25)21(4)5/h9-10,12,17-18H,6-8,11,13H2,1-5H3,(H,20,23). The number of hydrogen-bond acceptors (Lipinski definition) is 3. The van der Waals surface area contributed by atoms with Crippen LogP contribution in [0.25, 0.3) is 0 Å². The van der Waals surface area contributed by atoms with Crippen molar-refractivity contribution in [3.05, 3.63) is 34.9 Å². The maximum atomic E-state index is 12.8. The predicted octanol–water partition coefficient (Wildman–Crippen LogP) is 2.39. The molecule has 1 aliphatic rings. The van der Waals surface area contributed by atoms with Gasteiger partial charge in [0.2, 0.25) is 5.91 Å². The fraction of sp³-hybridized carbons (Fsp3) is 0.632. The maximum absolute atomic E-state index is 12.8. The van der Waals surface area contributed by atoms with E-state index >= 15 is 0 Å². The van der Waals surface area contributed by atoms with Gasteiger partial charge in [-0.25, -0.2) is 0 Å². The van der Waals surface area contributed by atoms with E-state index in [0.717, 1.165) is 12.0 Å². The summed E-state index contributed by atoms with van der Waals surface area (Å²) >= 11 is 0. The SMILES string of the molecule is CCC(NC(=O)C1CCCN(S(=O)(=O)N(C)C)C1)c1ccc(C)c(C)c1. The van der Waals surface area contributed by atoms with Crippen LogP contribution >= 0.6 is 0 Å². The number of nitrogens with one attached hydrogen (secondary N) is 1. The number of hydrogen-bond donors (Lipinski definition) is 1. The Morgan fingerprint density at radius 3 is 2.58 bits per heavy atom. The summed E-state index contributed by atoms with van der Waals surface area (Å²) in [5.74, 6) is -0.368. The molecule has 1 aliphatic heterocycles. The molecule has 1 saturated heterocycles. The number of nitrogens with zero attached hydrogens (tertiary/aromatic N) is 2. The normalized spacial score (nSPS) is 20.2. The number of aryl methyl sites for hydroxylation is 2. The first-order chi connectivity index (χ1) is 12.2. The molecule has 1 aromatic rings. The summed E-state index contributed by atoms with van der Waals surface area (Å²) in [6.45, 7) is 6.90. The Balaban J connectivity index is 2.08. The first-order valence-electron chi connectivity index (χ1n) is 9.22. The first kappa shape index (κ1) is 20.9. The molecule has 146 valence electrons. The van der Waals surface area contributed by atoms with Gasteiger partial charge in [0.1, 0.15) is 0 Å². The second kappa shape index (κ2) is 8.50. The molecule has 2 rings (SSSR count). The largest absolute Gasteiger partial charge is 0.349 e. The van der Waals surface area contributed by atoms with Crippen LogP contribution < -0.4 is 5.32 Å². The number of carbonyl (C=O) groups excluding carboxylic acids is 1. The highest BCUT2D eigenvalue weighted by atomic mass is 32.2. The zero-order valence-corrected chi connectivity index (χ0v) is 17.3. The van der Waals surface area contributed by atoms with Gasteiger partial charge in [-0.3, -0.25) is 4.79 Å². The summed E-state index contributed by atoms with van der Waals surface area (Å²) in [5, 5.41) is 3.13. The number of rotatable bonds is 6. The van der Waals surface area contributed by atoms with Gasteiger partial charge >= 0.3 is 0 Å². The predicted molar refractivity (Wildman–Crippen MR) is 104 cm³/mol. The highest BCUT2D eigenvalue weighted by Gasteiger charge is 2.34. The first-order valence-corrected chi connectivity index (χ1v) is 10.6. The van der Waals surface area contributed by atoms with Crippen LogP contribution in [0.15, 0.2) is 18.2 Å². The number of benzene rings is 1. The van der Waals surface area contributed by atoms with Gasteiger partial charge in [0.05, 0.1) is 12.0 Å².